The van der Waals surface area contributed by atoms with Gasteiger partial charge in [-0.15, -0.1) is 59.5 Å². The van der Waals surface area contributed by atoms with Crippen LogP contribution in [0.2, 0.25) is 0 Å². The number of nitrogens with one attached hydrogen (secondary N) is 7. The number of carbonyl (C=O) groups is 8. The lowest BCUT2D eigenvalue weighted by Crippen LogP contribution is -2.55. The highest BCUT2D eigenvalue weighted by Gasteiger charge is 2.50. The van der Waals surface area contributed by atoms with Gasteiger partial charge >= 0.3 is 0 Å². The van der Waals surface area contributed by atoms with Crippen molar-refractivity contribution in [1.82, 2.24) is 42.1 Å². The molecular formula is C53H83ClN8O11S4. The number of amides is 6. The minimum Gasteiger partial charge on any atom is -0.397 e. The topological polar surface area (TPSA) is 285 Å². The van der Waals surface area contributed by atoms with Crippen molar-refractivity contribution in [3.63, 3.8) is 0 Å². The van der Waals surface area contributed by atoms with Crippen LogP contribution in [-0.4, -0.2) is 174 Å². The first-order valence-electron chi connectivity index (χ1n) is 25.7. The molecule has 6 rings (SSSR count). The largest absolute Gasteiger partial charge is 0.397 e. The van der Waals surface area contributed by atoms with Crippen molar-refractivity contribution in [3.05, 3.63) is 71.8 Å². The number of hydrogen-bond acceptors (Lipinski definition) is 17. The van der Waals surface area contributed by atoms with E-state index in [1.165, 1.54) is 13.8 Å². The van der Waals surface area contributed by atoms with E-state index in [0.717, 1.165) is 49.1 Å². The highest BCUT2D eigenvalue weighted by atomic mass is 35.5. The zero-order valence-corrected chi connectivity index (χ0v) is 48.4. The molecule has 4 aliphatic rings. The molecule has 6 amide bonds. The third-order valence-corrected chi connectivity index (χ3v) is 19.7. The number of Topliss-reactive ketones (excluding diaryl/α,β-unsaturated/α-hetero) is 2. The quantitative estimate of drug-likeness (QED) is 0.0765. The van der Waals surface area contributed by atoms with Crippen LogP contribution in [0.4, 0.5) is 0 Å². The molecule has 8 atom stereocenters. The summed E-state index contributed by atoms with van der Waals surface area (Å²) in [6.45, 7) is 12.1. The Morgan fingerprint density at radius 1 is 0.636 bits per heavy atom. The lowest BCUT2D eigenvalue weighted by molar-refractivity contribution is -0.135. The average molecular weight is 1170 g/mol. The number of ketones is 2. The molecule has 24 heteroatoms. The van der Waals surface area contributed by atoms with E-state index in [0.29, 0.717) is 43.2 Å². The second-order valence-electron chi connectivity index (χ2n) is 18.6. The molecule has 4 saturated heterocycles. The van der Waals surface area contributed by atoms with Crippen LogP contribution in [-0.2, 0) is 38.4 Å². The van der Waals surface area contributed by atoms with Gasteiger partial charge in [-0.2, -0.15) is 0 Å². The molecule has 2 spiro atoms. The van der Waals surface area contributed by atoms with E-state index in [4.69, 9.17) is 5.11 Å². The van der Waals surface area contributed by atoms with Crippen LogP contribution in [0.25, 0.3) is 0 Å². The highest BCUT2D eigenvalue weighted by Crippen LogP contribution is 2.52. The molecule has 4 heterocycles. The van der Waals surface area contributed by atoms with Crippen LogP contribution >= 0.6 is 59.5 Å². The first-order chi connectivity index (χ1) is 35.8. The summed E-state index contributed by atoms with van der Waals surface area (Å²) >= 11 is 7.58. The Hall–Kier alpha value is -3.91. The van der Waals surface area contributed by atoms with Gasteiger partial charge in [0.15, 0.2) is 23.8 Å². The fourth-order valence-corrected chi connectivity index (χ4v) is 15.6. The summed E-state index contributed by atoms with van der Waals surface area (Å²) in [4.78, 5) is 102. The molecule has 0 aliphatic carbocycles. The maximum Gasteiger partial charge on any atom is 0.251 e. The molecule has 0 aromatic heterocycles. The summed E-state index contributed by atoms with van der Waals surface area (Å²) in [5.74, 6) is 0.820. The van der Waals surface area contributed by atoms with Gasteiger partial charge in [0.1, 0.15) is 12.1 Å². The summed E-state index contributed by atoms with van der Waals surface area (Å²) in [6.07, 6.45) is 0.571. The molecule has 0 radical (unpaired) electrons. The smallest absolute Gasteiger partial charge is 0.251 e. The number of aliphatic hydroxyl groups is 3. The van der Waals surface area contributed by atoms with Crippen LogP contribution < -0.4 is 37.2 Å². The Morgan fingerprint density at radius 2 is 1.04 bits per heavy atom. The van der Waals surface area contributed by atoms with Crippen molar-refractivity contribution < 1.29 is 53.7 Å². The van der Waals surface area contributed by atoms with Crippen LogP contribution in [0.1, 0.15) is 111 Å². The number of likely N-dealkylation sites (tertiary alicyclic amines) is 1. The zero-order chi connectivity index (χ0) is 55.1. The standard InChI is InChI=1S/C26H38N4O5S2.C24H34N4O5S2.C2H6O.CH4.ClH/c1-4-9-19(28-24(34)20-14-26(16-30(20)5-2)36-12-13-37-26)23(33)25(35)27-15-21(32)29-22(17(3)31)18-10-7-6-8-11-18;1-3-7-17(27-22(32)18-12-24(14-26-18)34-10-11-35-24)21(31)23(33)25-13-19(30)28-20(15(2)29)16-8-5-4-6-9-16;1-2-3;;/h6-8,10-11,19-20,22-23,33H,4-5,9,12-16H2,1-3H3,(H,27,35)(H,28,34)(H,29,32);4-6,8-9,17-18,20-21,26,31H,3,7,10-14H2,1-2H3,(H,25,33)(H,27,32)(H,28,30);3H,2H2,1H3;1H4;1H/t19?,20-,22+,23?;17?,18-,20+,21?;;;/m00.../s1. The van der Waals surface area contributed by atoms with Gasteiger partial charge in [-0.3, -0.25) is 43.3 Å². The van der Waals surface area contributed by atoms with E-state index in [2.05, 4.69) is 42.1 Å². The van der Waals surface area contributed by atoms with E-state index in [-0.39, 0.29) is 70.1 Å². The van der Waals surface area contributed by atoms with Gasteiger partial charge < -0.3 is 52.5 Å². The molecule has 4 aliphatic heterocycles. The predicted molar refractivity (Wildman–Crippen MR) is 312 cm³/mol. The molecule has 0 bridgehead atoms. The molecule has 4 unspecified atom stereocenters. The minimum absolute atomic E-state index is 0. The van der Waals surface area contributed by atoms with Gasteiger partial charge in [-0.1, -0.05) is 102 Å². The van der Waals surface area contributed by atoms with Gasteiger partial charge in [-0.05, 0) is 64.1 Å². The van der Waals surface area contributed by atoms with Crippen molar-refractivity contribution in [2.45, 2.75) is 144 Å². The average Bonchev–Trinajstić information content (AvgIpc) is 4.24. The third kappa shape index (κ3) is 21.3. The highest BCUT2D eigenvalue weighted by molar-refractivity contribution is 8.21. The van der Waals surface area contributed by atoms with Gasteiger partial charge in [0.05, 0.1) is 45.4 Å². The van der Waals surface area contributed by atoms with E-state index >= 15 is 0 Å². The van der Waals surface area contributed by atoms with Crippen molar-refractivity contribution in [1.29, 1.82) is 0 Å². The van der Waals surface area contributed by atoms with Crippen LogP contribution in [0.15, 0.2) is 60.7 Å². The van der Waals surface area contributed by atoms with Crippen molar-refractivity contribution >= 4 is 106 Å². The SMILES string of the molecule is C.CCCC(NC(=O)[C@@H]1CC2(CN1)SCCS2)C(O)C(=O)NCC(=O)N[C@H](C(C)=O)c1ccccc1.CCCC(NC(=O)[C@@H]1CC2(CN1CC)SCCS2)C(O)C(=O)NCC(=O)N[C@H](C(C)=O)c1ccccc1.CCO.Cl. The summed E-state index contributed by atoms with van der Waals surface area (Å²) in [5.41, 5.74) is 1.28. The van der Waals surface area contributed by atoms with Crippen LogP contribution in [0, 0.1) is 0 Å². The molecule has 2 aromatic rings. The van der Waals surface area contributed by atoms with Crippen molar-refractivity contribution in [2.75, 3.05) is 62.3 Å². The Bertz CT molecular complexity index is 2200. The Kier molecular flexibility index (Phi) is 31.4. The van der Waals surface area contributed by atoms with E-state index in [1.54, 1.807) is 55.5 Å². The Morgan fingerprint density at radius 3 is 1.43 bits per heavy atom. The van der Waals surface area contributed by atoms with Crippen LogP contribution in [0.5, 0.6) is 0 Å². The second kappa shape index (κ2) is 35.0. The van der Waals surface area contributed by atoms with Gasteiger partial charge in [0.2, 0.25) is 23.6 Å². The first-order valence-corrected chi connectivity index (χ1v) is 29.7. The van der Waals surface area contributed by atoms with Gasteiger partial charge in [-0.25, -0.2) is 0 Å². The lowest BCUT2D eigenvalue weighted by Gasteiger charge is -2.27. The molecule has 19 nitrogen and oxygen atoms in total. The molecular weight excluding hydrogens is 1090 g/mol. The summed E-state index contributed by atoms with van der Waals surface area (Å²) in [5, 5.41) is 48.0. The maximum absolute atomic E-state index is 13.2. The number of hydrogen-bond donors (Lipinski definition) is 10. The maximum atomic E-state index is 13.2. The number of aliphatic hydroxyl groups excluding tert-OH is 3. The van der Waals surface area contributed by atoms with Crippen molar-refractivity contribution in [2.24, 2.45) is 0 Å². The molecule has 432 valence electrons. The number of halogens is 1. The minimum atomic E-state index is -1.50. The Labute approximate surface area is 477 Å². The molecule has 2 aromatic carbocycles. The number of carbonyl (C=O) groups excluding carboxylic acids is 8. The number of nitrogens with zero attached hydrogens (tertiary/aromatic N) is 1. The first kappa shape index (κ1) is 69.2. The lowest BCUT2D eigenvalue weighted by atomic mass is 10.0. The fraction of sp³-hybridized carbons (Fsp3) is 0.623. The summed E-state index contributed by atoms with van der Waals surface area (Å²) in [7, 11) is 0. The molecule has 4 fully saturated rings. The Balaban J connectivity index is 0.000000490. The number of thioether (sulfide) groups is 4. The molecule has 0 saturated carbocycles. The number of likely N-dealkylation sites (N-methyl/N-ethyl adjacent to an activating group) is 1. The number of rotatable bonds is 23. The zero-order valence-electron chi connectivity index (χ0n) is 44.3. The molecule has 77 heavy (non-hydrogen) atoms. The third-order valence-electron chi connectivity index (χ3n) is 12.9. The van der Waals surface area contributed by atoms with E-state index in [1.807, 2.05) is 80.0 Å². The monoisotopic (exact) mass is 1170 g/mol. The van der Waals surface area contributed by atoms with Crippen LogP contribution in [0.3, 0.4) is 0 Å². The fourth-order valence-electron chi connectivity index (χ4n) is 9.11. The molecule has 10 N–H and O–H groups in total. The van der Waals surface area contributed by atoms with Crippen molar-refractivity contribution in [3.8, 4) is 0 Å². The summed E-state index contributed by atoms with van der Waals surface area (Å²) < 4.78 is 0.0716. The van der Waals surface area contributed by atoms with Gasteiger partial charge in [0, 0.05) is 42.7 Å². The number of benzene rings is 2. The predicted octanol–water partition coefficient (Wildman–Crippen LogP) is 3.26. The van der Waals surface area contributed by atoms with E-state index < -0.39 is 73.1 Å². The summed E-state index contributed by atoms with van der Waals surface area (Å²) in [6, 6.07) is 13.8. The normalized spacial score (nSPS) is 20.1. The van der Waals surface area contributed by atoms with E-state index in [9.17, 15) is 48.6 Å². The second-order valence-corrected chi connectivity index (χ2v) is 25.1. The van der Waals surface area contributed by atoms with Gasteiger partial charge in [0.25, 0.3) is 11.8 Å².